The smallest absolute Gasteiger partial charge is 0.394 e. The standard InChI is InChI=1S/C15H31O7P.C3H8O3/c1-2-3-4-5-6-7-8-9-10-11-13(16)15(18)14(17)12-22-23(19,20)21;4-1-3(6)2-5/h14-15,17-18H,2-12H2,1H3,(H2,19,20,21);3-6H,1-2H2/t14-,15?;/m0./s1. The molecule has 0 saturated heterocycles. The summed E-state index contributed by atoms with van der Waals surface area (Å²) in [6.07, 6.45) is 5.83. The fraction of sp³-hybridized carbons (Fsp3) is 0.944. The molecule has 176 valence electrons. The summed E-state index contributed by atoms with van der Waals surface area (Å²) in [5.74, 6) is -0.533. The van der Waals surface area contributed by atoms with Crippen molar-refractivity contribution in [3.63, 3.8) is 0 Å². The zero-order valence-electron chi connectivity index (χ0n) is 17.2. The summed E-state index contributed by atoms with van der Waals surface area (Å²) in [7, 11) is -4.72. The van der Waals surface area contributed by atoms with Crippen LogP contribution in [-0.4, -0.2) is 79.2 Å². The predicted molar refractivity (Wildman–Crippen MR) is 107 cm³/mol. The maximum absolute atomic E-state index is 11.7. The van der Waals surface area contributed by atoms with Gasteiger partial charge in [0.15, 0.2) is 5.78 Å². The van der Waals surface area contributed by atoms with Gasteiger partial charge in [0.05, 0.1) is 19.8 Å². The lowest BCUT2D eigenvalue weighted by atomic mass is 10.0. The molecule has 2 atom stereocenters. The van der Waals surface area contributed by atoms with Crippen LogP contribution in [0.3, 0.4) is 0 Å². The molecular formula is C18H39O10P. The molecule has 0 aliphatic rings. The first-order valence-corrected chi connectivity index (χ1v) is 11.6. The molecule has 0 radical (unpaired) electrons. The molecule has 1 unspecified atom stereocenters. The number of aliphatic hydroxyl groups is 5. The Labute approximate surface area is 172 Å². The van der Waals surface area contributed by atoms with Gasteiger partial charge in [-0.3, -0.25) is 9.32 Å². The molecule has 0 rings (SSSR count). The van der Waals surface area contributed by atoms with Gasteiger partial charge in [-0.15, -0.1) is 0 Å². The number of Topliss-reactive ketones (excluding diaryl/α,β-unsaturated/α-hetero) is 1. The fourth-order valence-corrected chi connectivity index (χ4v) is 2.64. The molecule has 0 fully saturated rings. The van der Waals surface area contributed by atoms with E-state index in [0.29, 0.717) is 6.42 Å². The summed E-state index contributed by atoms with van der Waals surface area (Å²) < 4.78 is 14.5. The Morgan fingerprint density at radius 3 is 1.69 bits per heavy atom. The summed E-state index contributed by atoms with van der Waals surface area (Å²) in [6, 6.07) is 0. The van der Waals surface area contributed by atoms with Gasteiger partial charge >= 0.3 is 7.82 Å². The van der Waals surface area contributed by atoms with Crippen LogP contribution in [-0.2, 0) is 13.9 Å². The van der Waals surface area contributed by atoms with Crippen molar-refractivity contribution in [3.8, 4) is 0 Å². The molecule has 11 heteroatoms. The Morgan fingerprint density at radius 2 is 1.31 bits per heavy atom. The van der Waals surface area contributed by atoms with Crippen LogP contribution in [0.25, 0.3) is 0 Å². The number of carbonyl (C=O) groups is 1. The molecule has 0 bridgehead atoms. The van der Waals surface area contributed by atoms with Gasteiger partial charge in [0.25, 0.3) is 0 Å². The summed E-state index contributed by atoms with van der Waals surface area (Å²) in [5.41, 5.74) is 0. The Kier molecular flexibility index (Phi) is 20.7. The van der Waals surface area contributed by atoms with Crippen LogP contribution in [0.15, 0.2) is 0 Å². The molecule has 10 nitrogen and oxygen atoms in total. The summed E-state index contributed by atoms with van der Waals surface area (Å²) >= 11 is 0. The monoisotopic (exact) mass is 446 g/mol. The van der Waals surface area contributed by atoms with Crippen molar-refractivity contribution in [1.82, 2.24) is 0 Å². The van der Waals surface area contributed by atoms with Gasteiger partial charge in [0.1, 0.15) is 18.3 Å². The average Bonchev–Trinajstić information content (AvgIpc) is 2.69. The van der Waals surface area contributed by atoms with Crippen LogP contribution < -0.4 is 0 Å². The first-order chi connectivity index (χ1) is 13.6. The van der Waals surface area contributed by atoms with E-state index in [4.69, 9.17) is 25.1 Å². The third-order valence-corrected chi connectivity index (χ3v) is 4.54. The number of aliphatic hydroxyl groups excluding tert-OH is 5. The zero-order valence-corrected chi connectivity index (χ0v) is 18.1. The lowest BCUT2D eigenvalue weighted by molar-refractivity contribution is -0.134. The third-order valence-electron chi connectivity index (χ3n) is 4.06. The first-order valence-electron chi connectivity index (χ1n) is 10.1. The highest BCUT2D eigenvalue weighted by Gasteiger charge is 2.26. The highest BCUT2D eigenvalue weighted by molar-refractivity contribution is 7.46. The van der Waals surface area contributed by atoms with Gasteiger partial charge in [-0.1, -0.05) is 58.3 Å². The van der Waals surface area contributed by atoms with E-state index in [1.54, 1.807) is 0 Å². The van der Waals surface area contributed by atoms with Crippen LogP contribution in [0.1, 0.15) is 71.1 Å². The summed E-state index contributed by atoms with van der Waals surface area (Å²) in [5, 5.41) is 43.0. The second kappa shape index (κ2) is 19.5. The molecule has 0 aromatic carbocycles. The lowest BCUT2D eigenvalue weighted by Gasteiger charge is -2.17. The number of unbranched alkanes of at least 4 members (excludes halogenated alkanes) is 8. The number of hydrogen-bond acceptors (Lipinski definition) is 8. The van der Waals surface area contributed by atoms with E-state index in [1.165, 1.54) is 32.1 Å². The van der Waals surface area contributed by atoms with Gasteiger partial charge in [-0.05, 0) is 6.42 Å². The van der Waals surface area contributed by atoms with Crippen molar-refractivity contribution in [2.45, 2.75) is 89.4 Å². The number of carbonyl (C=O) groups excluding carboxylic acids is 1. The Hall–Kier alpha value is -0.420. The van der Waals surface area contributed by atoms with Crippen molar-refractivity contribution in [2.24, 2.45) is 0 Å². The molecular weight excluding hydrogens is 407 g/mol. The minimum atomic E-state index is -4.72. The second-order valence-corrected chi connectivity index (χ2v) is 8.10. The van der Waals surface area contributed by atoms with Crippen molar-refractivity contribution in [1.29, 1.82) is 0 Å². The van der Waals surface area contributed by atoms with Crippen LogP contribution >= 0.6 is 7.82 Å². The van der Waals surface area contributed by atoms with Gasteiger partial charge in [-0.2, -0.15) is 0 Å². The SMILES string of the molecule is CCCCCCCCCCCC(=O)C(O)[C@@H](O)COP(=O)(O)O.OCC(O)CO. The van der Waals surface area contributed by atoms with E-state index in [2.05, 4.69) is 11.4 Å². The number of ketones is 1. The zero-order chi connectivity index (χ0) is 22.7. The molecule has 0 saturated carbocycles. The number of phosphoric acid groups is 1. The van der Waals surface area contributed by atoms with Gasteiger partial charge in [0, 0.05) is 6.42 Å². The molecule has 0 aromatic rings. The van der Waals surface area contributed by atoms with E-state index < -0.39 is 38.5 Å². The van der Waals surface area contributed by atoms with E-state index in [9.17, 15) is 19.6 Å². The highest BCUT2D eigenvalue weighted by atomic mass is 31.2. The van der Waals surface area contributed by atoms with Crippen molar-refractivity contribution >= 4 is 13.6 Å². The van der Waals surface area contributed by atoms with Crippen molar-refractivity contribution < 1.29 is 49.2 Å². The van der Waals surface area contributed by atoms with E-state index in [-0.39, 0.29) is 19.6 Å². The number of hydrogen-bond donors (Lipinski definition) is 7. The highest BCUT2D eigenvalue weighted by Crippen LogP contribution is 2.35. The molecule has 29 heavy (non-hydrogen) atoms. The van der Waals surface area contributed by atoms with E-state index in [0.717, 1.165) is 19.3 Å². The van der Waals surface area contributed by atoms with Crippen LogP contribution in [0, 0.1) is 0 Å². The van der Waals surface area contributed by atoms with Crippen LogP contribution in [0.2, 0.25) is 0 Å². The molecule has 0 amide bonds. The van der Waals surface area contributed by atoms with Gasteiger partial charge in [0.2, 0.25) is 0 Å². The minimum absolute atomic E-state index is 0.143. The van der Waals surface area contributed by atoms with E-state index >= 15 is 0 Å². The molecule has 0 heterocycles. The first kappa shape index (κ1) is 30.8. The largest absolute Gasteiger partial charge is 0.469 e. The summed E-state index contributed by atoms with van der Waals surface area (Å²) in [6.45, 7) is 0.669. The molecule has 0 aromatic heterocycles. The van der Waals surface area contributed by atoms with Crippen molar-refractivity contribution in [2.75, 3.05) is 19.8 Å². The maximum atomic E-state index is 11.7. The molecule has 0 aliphatic heterocycles. The van der Waals surface area contributed by atoms with E-state index in [1.807, 2.05) is 0 Å². The van der Waals surface area contributed by atoms with Crippen LogP contribution in [0.5, 0.6) is 0 Å². The Bertz CT molecular complexity index is 425. The van der Waals surface area contributed by atoms with Gasteiger partial charge < -0.3 is 35.3 Å². The average molecular weight is 446 g/mol. The molecule has 0 aliphatic carbocycles. The van der Waals surface area contributed by atoms with Gasteiger partial charge in [-0.25, -0.2) is 4.57 Å². The lowest BCUT2D eigenvalue weighted by Crippen LogP contribution is -2.36. The number of phosphoric ester groups is 1. The quantitative estimate of drug-likeness (QED) is 0.123. The Balaban J connectivity index is 0. The van der Waals surface area contributed by atoms with Crippen molar-refractivity contribution in [3.05, 3.63) is 0 Å². The fourth-order valence-electron chi connectivity index (χ4n) is 2.29. The minimum Gasteiger partial charge on any atom is -0.394 e. The maximum Gasteiger partial charge on any atom is 0.469 e. The van der Waals surface area contributed by atoms with Crippen LogP contribution in [0.4, 0.5) is 0 Å². The summed E-state index contributed by atoms with van der Waals surface area (Å²) in [4.78, 5) is 28.6. The topological polar surface area (TPSA) is 185 Å². The Morgan fingerprint density at radius 1 is 0.862 bits per heavy atom. The number of rotatable bonds is 17. The predicted octanol–water partition coefficient (Wildman–Crippen LogP) is 0.639. The second-order valence-electron chi connectivity index (χ2n) is 6.86. The third kappa shape index (κ3) is 22.1. The molecule has 0 spiro atoms. The normalized spacial score (nSPS) is 13.7. The molecule has 7 N–H and O–H groups in total.